The van der Waals surface area contributed by atoms with Crippen molar-refractivity contribution in [3.63, 3.8) is 0 Å². The molecular formula is C38H42CoN8O6S2. The molecule has 0 aromatic rings. The van der Waals surface area contributed by atoms with Crippen molar-refractivity contribution >= 4 is 54.5 Å². The summed E-state index contributed by atoms with van der Waals surface area (Å²) in [6.07, 6.45) is 22.8. The van der Waals surface area contributed by atoms with Crippen LogP contribution in [0.2, 0.25) is 0 Å². The maximum atomic E-state index is 12.2. The molecule has 2 fully saturated rings. The Morgan fingerprint density at radius 2 is 0.873 bits per heavy atom. The molecule has 10 rings (SSSR count). The fraction of sp³-hybridized carbons (Fsp3) is 0.526. The summed E-state index contributed by atoms with van der Waals surface area (Å²) in [6.45, 7) is 0. The van der Waals surface area contributed by atoms with E-state index in [-0.39, 0.29) is 29.6 Å². The number of aliphatic imine (C=N–C) groups is 6. The molecule has 0 aromatic carbocycles. The van der Waals surface area contributed by atoms with Crippen LogP contribution in [0.5, 0.6) is 0 Å². The number of nitrogens with zero attached hydrogens (tertiary/aromatic N) is 6. The van der Waals surface area contributed by atoms with Crippen LogP contribution in [0, 0.1) is 0 Å². The second kappa shape index (κ2) is 14.4. The van der Waals surface area contributed by atoms with Crippen LogP contribution >= 0.6 is 0 Å². The minimum atomic E-state index is -4.62. The topological polar surface area (TPSA) is 213 Å². The number of fused-ring (bicyclic) bond motifs is 12. The minimum absolute atomic E-state index is 0. The summed E-state index contributed by atoms with van der Waals surface area (Å²) in [5.41, 5.74) is 11.3. The predicted octanol–water partition coefficient (Wildman–Crippen LogP) is 4.70. The average molecular weight is 830 g/mol. The van der Waals surface area contributed by atoms with E-state index >= 15 is 0 Å². The van der Waals surface area contributed by atoms with Crippen LogP contribution in [-0.4, -0.2) is 82.0 Å². The molecule has 14 nitrogen and oxygen atoms in total. The van der Waals surface area contributed by atoms with Crippen molar-refractivity contribution in [3.8, 4) is 0 Å². The fourth-order valence-electron chi connectivity index (χ4n) is 9.16. The van der Waals surface area contributed by atoms with E-state index in [4.69, 9.17) is 9.98 Å². The molecule has 0 amide bonds. The molecular weight excluding hydrogens is 788 g/mol. The molecule has 0 spiro atoms. The van der Waals surface area contributed by atoms with Crippen molar-refractivity contribution in [1.29, 1.82) is 0 Å². The van der Waals surface area contributed by atoms with Gasteiger partial charge in [-0.05, 0) is 139 Å². The van der Waals surface area contributed by atoms with Crippen molar-refractivity contribution in [1.82, 2.24) is 10.6 Å². The van der Waals surface area contributed by atoms with Crippen molar-refractivity contribution in [2.75, 3.05) is 0 Å². The molecule has 4 unspecified atom stereocenters. The summed E-state index contributed by atoms with van der Waals surface area (Å²) < 4.78 is 73.3. The number of rotatable bonds is 2. The Balaban J connectivity index is 0.000000153. The van der Waals surface area contributed by atoms with Gasteiger partial charge >= 0.3 is 16.8 Å². The van der Waals surface area contributed by atoms with Gasteiger partial charge in [-0.3, -0.25) is 30.0 Å². The second-order valence-corrected chi connectivity index (χ2v) is 18.8. The van der Waals surface area contributed by atoms with E-state index in [0.29, 0.717) is 49.9 Å². The van der Waals surface area contributed by atoms with Gasteiger partial charge in [0.05, 0.1) is 12.1 Å². The molecule has 16 bridgehead atoms. The van der Waals surface area contributed by atoms with Crippen molar-refractivity contribution in [2.45, 2.75) is 125 Å². The molecule has 291 valence electrons. The molecule has 10 aliphatic heterocycles. The summed E-state index contributed by atoms with van der Waals surface area (Å²) in [5, 5.41) is 6.79. The van der Waals surface area contributed by atoms with Crippen LogP contribution in [0.4, 0.5) is 0 Å². The smallest absolute Gasteiger partial charge is 0.746 e. The minimum Gasteiger partial charge on any atom is -0.746 e. The second-order valence-electron chi connectivity index (χ2n) is 15.6. The molecule has 10 aliphatic rings. The van der Waals surface area contributed by atoms with Crippen LogP contribution in [0.3, 0.4) is 0 Å². The summed E-state index contributed by atoms with van der Waals surface area (Å²) in [4.78, 5) is 24.2. The zero-order chi connectivity index (χ0) is 37.3. The Morgan fingerprint density at radius 3 is 1.25 bits per heavy atom. The number of nitrogens with one attached hydrogen (secondary N) is 2. The van der Waals surface area contributed by atoms with E-state index in [2.05, 4.69) is 42.8 Å². The van der Waals surface area contributed by atoms with E-state index in [1.807, 2.05) is 24.3 Å². The van der Waals surface area contributed by atoms with E-state index < -0.39 is 42.1 Å². The Kier molecular flexibility index (Phi) is 10.0. The predicted molar refractivity (Wildman–Crippen MR) is 206 cm³/mol. The zero-order valence-electron chi connectivity index (χ0n) is 30.2. The SMILES string of the molecule is O=S(=O)([O-])C12CCC(=N1)/C=C1/CC/C(=C/C3=NC(=C\C4=NC2CC4)/CC3)N1.O=S(=O)([O-])C12CCC(=N1)/C=C1/CC/C(=C/C3=NC(=C\C4=NC2CC4)/CC3)N1.[Co+2]. The molecule has 0 aromatic heterocycles. The van der Waals surface area contributed by atoms with Crippen molar-refractivity contribution < 1.29 is 42.7 Å². The van der Waals surface area contributed by atoms with Crippen molar-refractivity contribution in [2.24, 2.45) is 30.0 Å². The Morgan fingerprint density at radius 1 is 0.491 bits per heavy atom. The van der Waals surface area contributed by atoms with Gasteiger partial charge in [-0.15, -0.1) is 0 Å². The standard InChI is InChI=1S/2C19H22N4O3S.Co/c2*24-27(25,26)19-8-7-17(23-19)11-15-4-3-13(21-15)9-12-1-2-14(20-12)10-16-5-6-18(19)22-16;/h2*9-11,18,21H,1-8H2,(H,24,25,26);/q;;+2/p-2/b2*13-9-,14-10-,15-11-;. The van der Waals surface area contributed by atoms with E-state index in [1.54, 1.807) is 0 Å². The van der Waals surface area contributed by atoms with E-state index in [1.165, 1.54) is 0 Å². The maximum Gasteiger partial charge on any atom is 2.00 e. The van der Waals surface area contributed by atoms with Gasteiger partial charge < -0.3 is 19.7 Å². The van der Waals surface area contributed by atoms with Crippen LogP contribution in [-0.2, 0) is 37.0 Å². The third kappa shape index (κ3) is 7.39. The van der Waals surface area contributed by atoms with Gasteiger partial charge in [0.25, 0.3) is 0 Å². The summed E-state index contributed by atoms with van der Waals surface area (Å²) in [7, 11) is -9.24. The van der Waals surface area contributed by atoms with Gasteiger partial charge in [0.2, 0.25) is 0 Å². The fourth-order valence-corrected chi connectivity index (χ4v) is 11.3. The molecule has 10 heterocycles. The maximum absolute atomic E-state index is 12.2. The van der Waals surface area contributed by atoms with Gasteiger partial charge in [-0.2, -0.15) is 0 Å². The van der Waals surface area contributed by atoms with Gasteiger partial charge in [0.1, 0.15) is 20.2 Å². The normalized spacial score (nSPS) is 37.5. The van der Waals surface area contributed by atoms with Gasteiger partial charge in [0.15, 0.2) is 9.74 Å². The average Bonchev–Trinajstić information content (AvgIpc) is 3.95. The third-order valence-corrected chi connectivity index (χ3v) is 14.8. The Labute approximate surface area is 331 Å². The molecule has 55 heavy (non-hydrogen) atoms. The van der Waals surface area contributed by atoms with Crippen LogP contribution in [0.1, 0.15) is 103 Å². The molecule has 2 saturated heterocycles. The molecule has 0 saturated carbocycles. The summed E-state index contributed by atoms with van der Waals surface area (Å²) in [6, 6.07) is -1.22. The van der Waals surface area contributed by atoms with Gasteiger partial charge in [-0.25, -0.2) is 16.8 Å². The largest absolute Gasteiger partial charge is 2.00 e. The van der Waals surface area contributed by atoms with Gasteiger partial charge in [0, 0.05) is 68.5 Å². The summed E-state index contributed by atoms with van der Waals surface area (Å²) in [5.74, 6) is 0. The number of allylic oxidation sites excluding steroid dienone is 12. The molecule has 2 N–H and O–H groups in total. The van der Waals surface area contributed by atoms with E-state index in [0.717, 1.165) is 108 Å². The molecule has 4 atom stereocenters. The quantitative estimate of drug-likeness (QED) is 0.372. The first-order valence-electron chi connectivity index (χ1n) is 19.0. The first kappa shape index (κ1) is 38.3. The number of hydrogen-bond donors (Lipinski definition) is 2. The first-order chi connectivity index (χ1) is 25.8. The van der Waals surface area contributed by atoms with Crippen LogP contribution < -0.4 is 10.6 Å². The Bertz CT molecular complexity index is 2170. The summed E-state index contributed by atoms with van der Waals surface area (Å²) >= 11 is 0. The third-order valence-electron chi connectivity index (χ3n) is 11.9. The molecule has 0 aliphatic carbocycles. The van der Waals surface area contributed by atoms with Gasteiger partial charge in [-0.1, -0.05) is 0 Å². The zero-order valence-corrected chi connectivity index (χ0v) is 32.9. The van der Waals surface area contributed by atoms with Crippen molar-refractivity contribution in [3.05, 3.63) is 70.6 Å². The monoisotopic (exact) mass is 829 g/mol. The first-order valence-corrected chi connectivity index (χ1v) is 21.8. The van der Waals surface area contributed by atoms with Crippen LogP contribution in [0.25, 0.3) is 0 Å². The number of hydrogen-bond acceptors (Lipinski definition) is 14. The molecule has 1 radical (unpaired) electrons. The Hall–Kier alpha value is -3.61. The van der Waals surface area contributed by atoms with E-state index in [9.17, 15) is 25.9 Å². The van der Waals surface area contributed by atoms with Crippen LogP contribution in [0.15, 0.2) is 101 Å². The molecule has 17 heteroatoms.